The van der Waals surface area contributed by atoms with E-state index in [1.807, 2.05) is 0 Å². The Balaban J connectivity index is 3.24. The van der Waals surface area contributed by atoms with Crippen molar-refractivity contribution in [1.82, 2.24) is 0 Å². The second kappa shape index (κ2) is 5.06. The number of aliphatic hydroxyl groups is 4. The molecule has 2 unspecified atom stereocenters. The number of nitrogens with zero attached hydrogens (tertiary/aromatic N) is 1. The molecule has 8 heteroatoms. The van der Waals surface area contributed by atoms with Crippen LogP contribution in [0.1, 0.15) is 11.7 Å². The zero-order chi connectivity index (χ0) is 13.2. The minimum atomic E-state index is -2.29. The third kappa shape index (κ3) is 2.68. The van der Waals surface area contributed by atoms with Gasteiger partial charge in [0.25, 0.3) is 5.69 Å². The van der Waals surface area contributed by atoms with E-state index in [-0.39, 0.29) is 0 Å². The zero-order valence-electron chi connectivity index (χ0n) is 8.46. The third-order valence-electron chi connectivity index (χ3n) is 2.18. The van der Waals surface area contributed by atoms with Gasteiger partial charge < -0.3 is 25.5 Å². The molecule has 0 heterocycles. The molecule has 0 saturated carbocycles. The summed E-state index contributed by atoms with van der Waals surface area (Å²) in [5.41, 5.74) is -1.20. The molecule has 0 bridgehead atoms. The highest BCUT2D eigenvalue weighted by Crippen LogP contribution is 2.35. The van der Waals surface area contributed by atoms with Crippen molar-refractivity contribution in [3.05, 3.63) is 33.9 Å². The summed E-state index contributed by atoms with van der Waals surface area (Å²) in [5, 5.41) is 56.1. The molecule has 0 amide bonds. The molecule has 17 heavy (non-hydrogen) atoms. The smallest absolute Gasteiger partial charge is 0.279 e. The van der Waals surface area contributed by atoms with Crippen LogP contribution in [0.4, 0.5) is 5.69 Å². The maximum atomic E-state index is 10.6. The van der Waals surface area contributed by atoms with E-state index in [1.54, 1.807) is 0 Å². The number of aliphatic hydroxyl groups excluding tert-OH is 3. The molecule has 0 aliphatic carbocycles. The van der Waals surface area contributed by atoms with Crippen molar-refractivity contribution in [1.29, 1.82) is 0 Å². The summed E-state index contributed by atoms with van der Waals surface area (Å²) < 4.78 is 0. The molecular formula is C9H11NO7. The first kappa shape index (κ1) is 13.3. The first-order valence-electron chi connectivity index (χ1n) is 4.54. The molecular weight excluding hydrogens is 234 g/mol. The van der Waals surface area contributed by atoms with Crippen LogP contribution in [0.2, 0.25) is 0 Å². The molecule has 94 valence electrons. The van der Waals surface area contributed by atoms with Crippen LogP contribution in [0.25, 0.3) is 0 Å². The van der Waals surface area contributed by atoms with Gasteiger partial charge in [0.1, 0.15) is 23.5 Å². The van der Waals surface area contributed by atoms with Gasteiger partial charge in [-0.1, -0.05) is 6.07 Å². The van der Waals surface area contributed by atoms with E-state index >= 15 is 0 Å². The molecule has 0 aliphatic rings. The monoisotopic (exact) mass is 245 g/mol. The summed E-state index contributed by atoms with van der Waals surface area (Å²) in [5.74, 6) is -0.619. The Morgan fingerprint density at radius 3 is 2.24 bits per heavy atom. The van der Waals surface area contributed by atoms with E-state index in [0.29, 0.717) is 0 Å². The fraction of sp³-hybridized carbons (Fsp3) is 0.333. The number of benzene rings is 1. The van der Waals surface area contributed by atoms with Crippen molar-refractivity contribution in [3.8, 4) is 5.75 Å². The largest absolute Gasteiger partial charge is 0.507 e. The Labute approximate surface area is 95.2 Å². The molecule has 1 aromatic carbocycles. The molecule has 8 nitrogen and oxygen atoms in total. The van der Waals surface area contributed by atoms with Crippen LogP contribution in [0, 0.1) is 10.1 Å². The van der Waals surface area contributed by atoms with Crippen LogP contribution in [-0.2, 0) is 0 Å². The molecule has 0 aliphatic heterocycles. The topological polar surface area (TPSA) is 144 Å². The molecule has 1 rings (SSSR count). The fourth-order valence-electron chi connectivity index (χ4n) is 1.34. The SMILES string of the molecule is O=[N+]([O-])c1cccc(O)c1C(O)C(O)C(O)O. The van der Waals surface area contributed by atoms with Gasteiger partial charge in [0.2, 0.25) is 0 Å². The van der Waals surface area contributed by atoms with Gasteiger partial charge in [0, 0.05) is 6.07 Å². The standard InChI is InChI=1S/C9H11NO7/c11-5-3-1-2-4(10(16)17)6(5)7(12)8(13)9(14)15/h1-3,7-9,11-15H. The van der Waals surface area contributed by atoms with E-state index in [1.165, 1.54) is 6.07 Å². The van der Waals surface area contributed by atoms with Crippen LogP contribution >= 0.6 is 0 Å². The highest BCUT2D eigenvalue weighted by molar-refractivity contribution is 5.50. The summed E-state index contributed by atoms with van der Waals surface area (Å²) >= 11 is 0. The lowest BCUT2D eigenvalue weighted by atomic mass is 10.0. The quantitative estimate of drug-likeness (QED) is 0.260. The minimum Gasteiger partial charge on any atom is -0.507 e. The number of rotatable bonds is 4. The Morgan fingerprint density at radius 2 is 1.76 bits per heavy atom. The number of phenolic OH excluding ortho intramolecular Hbond substituents is 1. The average Bonchev–Trinajstić information content (AvgIpc) is 2.26. The number of phenols is 1. The van der Waals surface area contributed by atoms with Gasteiger partial charge >= 0.3 is 0 Å². The van der Waals surface area contributed by atoms with Gasteiger partial charge in [-0.05, 0) is 6.07 Å². The number of nitro benzene ring substituents is 1. The van der Waals surface area contributed by atoms with Gasteiger partial charge in [0.15, 0.2) is 6.29 Å². The van der Waals surface area contributed by atoms with E-state index in [2.05, 4.69) is 0 Å². The van der Waals surface area contributed by atoms with E-state index in [9.17, 15) is 25.4 Å². The number of hydrogen-bond donors (Lipinski definition) is 5. The Hall–Kier alpha value is -1.74. The maximum absolute atomic E-state index is 10.6. The summed E-state index contributed by atoms with van der Waals surface area (Å²) in [6.07, 6.45) is -6.34. The van der Waals surface area contributed by atoms with Crippen LogP contribution < -0.4 is 0 Å². The van der Waals surface area contributed by atoms with Crippen LogP contribution in [0.5, 0.6) is 5.75 Å². The highest BCUT2D eigenvalue weighted by Gasteiger charge is 2.32. The molecule has 2 atom stereocenters. The fourth-order valence-corrected chi connectivity index (χ4v) is 1.34. The highest BCUT2D eigenvalue weighted by atomic mass is 16.6. The average molecular weight is 245 g/mol. The number of aromatic hydroxyl groups is 1. The molecule has 0 saturated heterocycles. The first-order chi connectivity index (χ1) is 7.86. The molecule has 1 aromatic rings. The lowest BCUT2D eigenvalue weighted by Gasteiger charge is -2.20. The van der Waals surface area contributed by atoms with Gasteiger partial charge in [-0.15, -0.1) is 0 Å². The zero-order valence-corrected chi connectivity index (χ0v) is 8.46. The van der Waals surface area contributed by atoms with Crippen molar-refractivity contribution in [2.75, 3.05) is 0 Å². The number of nitro groups is 1. The van der Waals surface area contributed by atoms with E-state index in [0.717, 1.165) is 12.1 Å². The lowest BCUT2D eigenvalue weighted by Crippen LogP contribution is -2.32. The summed E-state index contributed by atoms with van der Waals surface area (Å²) in [4.78, 5) is 9.78. The van der Waals surface area contributed by atoms with Gasteiger partial charge in [-0.3, -0.25) is 10.1 Å². The second-order valence-corrected chi connectivity index (χ2v) is 3.32. The van der Waals surface area contributed by atoms with Crippen LogP contribution in [0.15, 0.2) is 18.2 Å². The van der Waals surface area contributed by atoms with E-state index < -0.39 is 40.4 Å². The summed E-state index contributed by atoms with van der Waals surface area (Å²) in [6, 6.07) is 3.27. The maximum Gasteiger partial charge on any atom is 0.279 e. The Bertz CT molecular complexity index is 420. The van der Waals surface area contributed by atoms with Crippen molar-refractivity contribution in [3.63, 3.8) is 0 Å². The molecule has 0 radical (unpaired) electrons. The van der Waals surface area contributed by atoms with Crippen LogP contribution in [0.3, 0.4) is 0 Å². The Kier molecular flexibility index (Phi) is 3.97. The van der Waals surface area contributed by atoms with E-state index in [4.69, 9.17) is 10.2 Å². The molecule has 0 fully saturated rings. The first-order valence-corrected chi connectivity index (χ1v) is 4.54. The van der Waals surface area contributed by atoms with Gasteiger partial charge in [-0.2, -0.15) is 0 Å². The molecule has 0 spiro atoms. The Morgan fingerprint density at radius 1 is 1.18 bits per heavy atom. The predicted octanol–water partition coefficient (Wildman–Crippen LogP) is -0.995. The van der Waals surface area contributed by atoms with Crippen LogP contribution in [-0.4, -0.2) is 42.8 Å². The van der Waals surface area contributed by atoms with Gasteiger partial charge in [-0.25, -0.2) is 0 Å². The van der Waals surface area contributed by atoms with Crippen molar-refractivity contribution in [2.45, 2.75) is 18.5 Å². The third-order valence-corrected chi connectivity index (χ3v) is 2.18. The normalized spacial score (nSPS) is 14.6. The molecule has 0 aromatic heterocycles. The van der Waals surface area contributed by atoms with Gasteiger partial charge in [0.05, 0.1) is 4.92 Å². The number of hydrogen-bond acceptors (Lipinski definition) is 7. The minimum absolute atomic E-state index is 0.571. The summed E-state index contributed by atoms with van der Waals surface area (Å²) in [6.45, 7) is 0. The second-order valence-electron chi connectivity index (χ2n) is 3.32. The van der Waals surface area contributed by atoms with Crippen molar-refractivity contribution >= 4 is 5.69 Å². The predicted molar refractivity (Wildman–Crippen MR) is 54.0 cm³/mol. The lowest BCUT2D eigenvalue weighted by molar-refractivity contribution is -0.386. The summed E-state index contributed by atoms with van der Waals surface area (Å²) in [7, 11) is 0. The van der Waals surface area contributed by atoms with Crippen molar-refractivity contribution in [2.24, 2.45) is 0 Å². The van der Waals surface area contributed by atoms with Crippen molar-refractivity contribution < 1.29 is 30.5 Å². The molecule has 5 N–H and O–H groups in total.